The summed E-state index contributed by atoms with van der Waals surface area (Å²) in [5, 5.41) is 2.79. The van der Waals surface area contributed by atoms with Crippen LogP contribution in [0.1, 0.15) is 30.9 Å². The summed E-state index contributed by atoms with van der Waals surface area (Å²) in [6.07, 6.45) is 1.67. The molecule has 0 saturated carbocycles. The van der Waals surface area contributed by atoms with Crippen LogP contribution in [0, 0.1) is 17.6 Å². The first-order valence-electron chi connectivity index (χ1n) is 10.7. The van der Waals surface area contributed by atoms with Gasteiger partial charge in [-0.2, -0.15) is 0 Å². The molecule has 1 saturated heterocycles. The molecule has 0 aromatic heterocycles. The average Bonchev–Trinajstić information content (AvgIpc) is 2.77. The summed E-state index contributed by atoms with van der Waals surface area (Å²) in [5.74, 6) is -1.02. The zero-order valence-electron chi connectivity index (χ0n) is 17.8. The second-order valence-corrected chi connectivity index (χ2v) is 7.96. The Labute approximate surface area is 182 Å². The van der Waals surface area contributed by atoms with Crippen LogP contribution in [0.25, 0.3) is 0 Å². The van der Waals surface area contributed by atoms with Crippen molar-refractivity contribution in [1.82, 2.24) is 15.1 Å². The number of likely N-dealkylation sites (N-methyl/N-ethyl adjacent to an activating group) is 1. The highest BCUT2D eigenvalue weighted by atomic mass is 19.1. The third-order valence-corrected chi connectivity index (χ3v) is 5.58. The van der Waals surface area contributed by atoms with Gasteiger partial charge in [-0.15, -0.1) is 0 Å². The SMILES string of the molecule is CCN(CC(=O)NCc1ccc(F)cc1)C(=O)C1CCCN(Cc2cccc(F)c2)C1. The Hall–Kier alpha value is -2.80. The third kappa shape index (κ3) is 6.85. The maximum absolute atomic E-state index is 13.5. The van der Waals surface area contributed by atoms with Gasteiger partial charge >= 0.3 is 0 Å². The van der Waals surface area contributed by atoms with Crippen LogP contribution in [0.4, 0.5) is 8.78 Å². The minimum absolute atomic E-state index is 0.00305. The lowest BCUT2D eigenvalue weighted by Crippen LogP contribution is -2.47. The van der Waals surface area contributed by atoms with Gasteiger partial charge in [0.05, 0.1) is 12.5 Å². The quantitative estimate of drug-likeness (QED) is 0.700. The van der Waals surface area contributed by atoms with Crippen molar-refractivity contribution in [1.29, 1.82) is 0 Å². The van der Waals surface area contributed by atoms with E-state index in [9.17, 15) is 18.4 Å². The van der Waals surface area contributed by atoms with Crippen LogP contribution in [0.5, 0.6) is 0 Å². The van der Waals surface area contributed by atoms with Crippen molar-refractivity contribution in [3.05, 3.63) is 71.3 Å². The van der Waals surface area contributed by atoms with E-state index in [-0.39, 0.29) is 42.5 Å². The number of rotatable bonds is 8. The number of hydrogen-bond donors (Lipinski definition) is 1. The van der Waals surface area contributed by atoms with Gasteiger partial charge < -0.3 is 10.2 Å². The first-order valence-corrected chi connectivity index (χ1v) is 10.7. The number of carbonyl (C=O) groups excluding carboxylic acids is 2. The normalized spacial score (nSPS) is 16.7. The predicted molar refractivity (Wildman–Crippen MR) is 115 cm³/mol. The van der Waals surface area contributed by atoms with E-state index < -0.39 is 0 Å². The minimum atomic E-state index is -0.322. The molecule has 1 fully saturated rings. The lowest BCUT2D eigenvalue weighted by atomic mass is 9.96. The lowest BCUT2D eigenvalue weighted by molar-refractivity contribution is -0.140. The second-order valence-electron chi connectivity index (χ2n) is 7.96. The number of nitrogens with zero attached hydrogens (tertiary/aromatic N) is 2. The van der Waals surface area contributed by atoms with Gasteiger partial charge in [0, 0.05) is 26.2 Å². The maximum atomic E-state index is 13.5. The molecule has 0 bridgehead atoms. The highest BCUT2D eigenvalue weighted by Crippen LogP contribution is 2.21. The molecule has 3 rings (SSSR count). The zero-order valence-corrected chi connectivity index (χ0v) is 17.8. The molecule has 1 heterocycles. The van der Waals surface area contributed by atoms with Crippen LogP contribution in [0.2, 0.25) is 0 Å². The van der Waals surface area contributed by atoms with Gasteiger partial charge in [-0.3, -0.25) is 14.5 Å². The van der Waals surface area contributed by atoms with Crippen molar-refractivity contribution in [2.75, 3.05) is 26.2 Å². The molecule has 1 aliphatic rings. The van der Waals surface area contributed by atoms with E-state index in [0.29, 0.717) is 19.6 Å². The number of benzene rings is 2. The number of nitrogens with one attached hydrogen (secondary N) is 1. The largest absolute Gasteiger partial charge is 0.350 e. The van der Waals surface area contributed by atoms with Crippen LogP contribution in [-0.2, 0) is 22.7 Å². The van der Waals surface area contributed by atoms with E-state index in [1.807, 2.05) is 13.0 Å². The summed E-state index contributed by atoms with van der Waals surface area (Å²) in [7, 11) is 0. The Morgan fingerprint density at radius 2 is 1.87 bits per heavy atom. The van der Waals surface area contributed by atoms with Gasteiger partial charge in [-0.25, -0.2) is 8.78 Å². The fourth-order valence-corrected chi connectivity index (χ4v) is 3.93. The molecule has 1 atom stereocenters. The average molecular weight is 430 g/mol. The molecule has 166 valence electrons. The molecule has 0 aliphatic carbocycles. The van der Waals surface area contributed by atoms with Crippen LogP contribution in [-0.4, -0.2) is 47.8 Å². The Morgan fingerprint density at radius 1 is 1.10 bits per heavy atom. The first-order chi connectivity index (χ1) is 14.9. The Kier molecular flexibility index (Phi) is 8.12. The number of halogens is 2. The maximum Gasteiger partial charge on any atom is 0.239 e. The monoisotopic (exact) mass is 429 g/mol. The zero-order chi connectivity index (χ0) is 22.2. The predicted octanol–water partition coefficient (Wildman–Crippen LogP) is 3.34. The van der Waals surface area contributed by atoms with Gasteiger partial charge in [0.25, 0.3) is 0 Å². The summed E-state index contributed by atoms with van der Waals surface area (Å²) in [6.45, 7) is 4.66. The summed E-state index contributed by atoms with van der Waals surface area (Å²) in [4.78, 5) is 29.1. The smallest absolute Gasteiger partial charge is 0.239 e. The second kappa shape index (κ2) is 11.0. The highest BCUT2D eigenvalue weighted by molar-refractivity contribution is 5.86. The van der Waals surface area contributed by atoms with Crippen molar-refractivity contribution < 1.29 is 18.4 Å². The van der Waals surface area contributed by atoms with Crippen LogP contribution >= 0.6 is 0 Å². The fraction of sp³-hybridized carbons (Fsp3) is 0.417. The molecule has 0 spiro atoms. The van der Waals surface area contributed by atoms with Crippen molar-refractivity contribution >= 4 is 11.8 Å². The van der Waals surface area contributed by atoms with Gasteiger partial charge in [0.15, 0.2) is 0 Å². The van der Waals surface area contributed by atoms with E-state index in [4.69, 9.17) is 0 Å². The molecule has 0 radical (unpaired) electrons. The standard InChI is InChI=1S/C24H29F2N3O2/c1-2-29(17-23(30)27-14-18-8-10-21(25)11-9-18)24(31)20-6-4-12-28(16-20)15-19-5-3-7-22(26)13-19/h3,5,7-11,13,20H,2,4,6,12,14-17H2,1H3,(H,27,30). The molecule has 2 aromatic rings. The van der Waals surface area contributed by atoms with E-state index in [0.717, 1.165) is 30.5 Å². The summed E-state index contributed by atoms with van der Waals surface area (Å²) < 4.78 is 26.4. The Balaban J connectivity index is 1.51. The molecule has 1 aliphatic heterocycles. The van der Waals surface area contributed by atoms with Crippen molar-refractivity contribution in [2.24, 2.45) is 5.92 Å². The van der Waals surface area contributed by atoms with Gasteiger partial charge in [-0.1, -0.05) is 24.3 Å². The number of hydrogen-bond acceptors (Lipinski definition) is 3. The Morgan fingerprint density at radius 3 is 2.58 bits per heavy atom. The molecule has 1 unspecified atom stereocenters. The van der Waals surface area contributed by atoms with E-state index in [1.54, 1.807) is 23.1 Å². The van der Waals surface area contributed by atoms with E-state index in [1.165, 1.54) is 24.3 Å². The number of piperidine rings is 1. The van der Waals surface area contributed by atoms with Crippen molar-refractivity contribution in [2.45, 2.75) is 32.9 Å². The van der Waals surface area contributed by atoms with Crippen LogP contribution < -0.4 is 5.32 Å². The number of carbonyl (C=O) groups is 2. The lowest BCUT2D eigenvalue weighted by Gasteiger charge is -2.34. The minimum Gasteiger partial charge on any atom is -0.350 e. The van der Waals surface area contributed by atoms with Crippen LogP contribution in [0.15, 0.2) is 48.5 Å². The van der Waals surface area contributed by atoms with Gasteiger partial charge in [-0.05, 0) is 61.7 Å². The van der Waals surface area contributed by atoms with Crippen molar-refractivity contribution in [3.8, 4) is 0 Å². The highest BCUT2D eigenvalue weighted by Gasteiger charge is 2.29. The topological polar surface area (TPSA) is 52.7 Å². The molecule has 2 aromatic carbocycles. The Bertz CT molecular complexity index is 889. The number of likely N-dealkylation sites (tertiary alicyclic amines) is 1. The summed E-state index contributed by atoms with van der Waals surface area (Å²) >= 11 is 0. The third-order valence-electron chi connectivity index (χ3n) is 5.58. The van der Waals surface area contributed by atoms with Crippen LogP contribution in [0.3, 0.4) is 0 Å². The van der Waals surface area contributed by atoms with E-state index >= 15 is 0 Å². The first kappa shape index (κ1) is 22.9. The molecule has 2 amide bonds. The van der Waals surface area contributed by atoms with E-state index in [2.05, 4.69) is 10.2 Å². The molecule has 31 heavy (non-hydrogen) atoms. The molecule has 5 nitrogen and oxygen atoms in total. The van der Waals surface area contributed by atoms with Gasteiger partial charge in [0.1, 0.15) is 11.6 Å². The number of amides is 2. The molecule has 1 N–H and O–H groups in total. The van der Waals surface area contributed by atoms with Gasteiger partial charge in [0.2, 0.25) is 11.8 Å². The van der Waals surface area contributed by atoms with Crippen molar-refractivity contribution in [3.63, 3.8) is 0 Å². The fourth-order valence-electron chi connectivity index (χ4n) is 3.93. The molecule has 7 heteroatoms. The molecular weight excluding hydrogens is 400 g/mol. The summed E-state index contributed by atoms with van der Waals surface area (Å²) in [6, 6.07) is 12.5. The molecular formula is C24H29F2N3O2. The summed E-state index contributed by atoms with van der Waals surface area (Å²) in [5.41, 5.74) is 1.69.